The number of rotatable bonds is 7. The number of nitrogens with zero attached hydrogens (tertiary/aromatic N) is 2. The Hall–Kier alpha value is -3.40. The summed E-state index contributed by atoms with van der Waals surface area (Å²) in [4.78, 5) is 21.6. The molecule has 0 aliphatic heterocycles. The molecule has 1 fully saturated rings. The van der Waals surface area contributed by atoms with Crippen LogP contribution in [0.15, 0.2) is 30.5 Å². The maximum Gasteiger partial charge on any atom is 0.230 e. The summed E-state index contributed by atoms with van der Waals surface area (Å²) in [6, 6.07) is 7.05. The van der Waals surface area contributed by atoms with Crippen molar-refractivity contribution in [2.24, 2.45) is 5.92 Å². The Labute approximate surface area is 204 Å². The van der Waals surface area contributed by atoms with Crippen LogP contribution in [0.2, 0.25) is 0 Å². The van der Waals surface area contributed by atoms with Crippen molar-refractivity contribution in [1.82, 2.24) is 9.97 Å². The second-order valence-electron chi connectivity index (χ2n) is 8.89. The van der Waals surface area contributed by atoms with Gasteiger partial charge in [-0.05, 0) is 17.9 Å². The van der Waals surface area contributed by atoms with E-state index in [2.05, 4.69) is 15.3 Å². The third-order valence-corrected chi connectivity index (χ3v) is 6.38. The molecule has 1 aromatic heterocycles. The molecule has 5 nitrogen and oxygen atoms in total. The first-order chi connectivity index (χ1) is 17.3. The van der Waals surface area contributed by atoms with E-state index in [1.54, 1.807) is 24.3 Å². The molecule has 0 bridgehead atoms. The van der Waals surface area contributed by atoms with Crippen LogP contribution in [-0.4, -0.2) is 21.0 Å². The molecule has 1 aliphatic rings. The zero-order valence-electron chi connectivity index (χ0n) is 19.3. The Morgan fingerprint density at radius 2 is 1.53 bits per heavy atom. The molecule has 0 saturated heterocycles. The maximum absolute atomic E-state index is 14.0. The van der Waals surface area contributed by atoms with Crippen molar-refractivity contribution in [3.8, 4) is 11.3 Å². The van der Waals surface area contributed by atoms with Gasteiger partial charge in [0.25, 0.3) is 0 Å². The highest BCUT2D eigenvalue weighted by Gasteiger charge is 2.27. The second-order valence-corrected chi connectivity index (χ2v) is 8.89. The zero-order valence-corrected chi connectivity index (χ0v) is 19.3. The standard InChI is InChI=1S/C26H24F5N3O2/c27-21-17(22(28)24(30)25(31)23(21)29)11-20(36)34-26-18(10-14-4-2-1-3-5-14)33-19(12-32-26)16-8-6-15(13-35)7-9-16/h6-9,12,14,35H,1-5,10-11,13H2,(H,32,34,36). The lowest BCUT2D eigenvalue weighted by Gasteiger charge is -2.22. The molecule has 1 amide bonds. The maximum atomic E-state index is 14.0. The lowest BCUT2D eigenvalue weighted by atomic mass is 9.86. The lowest BCUT2D eigenvalue weighted by Crippen LogP contribution is -2.21. The van der Waals surface area contributed by atoms with Crippen LogP contribution in [-0.2, 0) is 24.2 Å². The quantitative estimate of drug-likeness (QED) is 0.248. The van der Waals surface area contributed by atoms with Crippen molar-refractivity contribution in [2.45, 2.75) is 51.6 Å². The van der Waals surface area contributed by atoms with Crippen LogP contribution in [0.3, 0.4) is 0 Å². The molecule has 2 N–H and O–H groups in total. The summed E-state index contributed by atoms with van der Waals surface area (Å²) in [7, 11) is 0. The Morgan fingerprint density at radius 3 is 2.14 bits per heavy atom. The number of anilines is 1. The minimum absolute atomic E-state index is 0.0742. The molecular formula is C26H24F5N3O2. The zero-order chi connectivity index (χ0) is 25.8. The molecular weight excluding hydrogens is 481 g/mol. The largest absolute Gasteiger partial charge is 0.392 e. The van der Waals surface area contributed by atoms with E-state index in [1.807, 2.05) is 0 Å². The average molecular weight is 505 g/mol. The Morgan fingerprint density at radius 1 is 0.917 bits per heavy atom. The molecule has 10 heteroatoms. The number of aromatic nitrogens is 2. The van der Waals surface area contributed by atoms with Crippen molar-refractivity contribution in [1.29, 1.82) is 0 Å². The summed E-state index contributed by atoms with van der Waals surface area (Å²) in [5.41, 5.74) is 1.25. The van der Waals surface area contributed by atoms with Crippen molar-refractivity contribution < 1.29 is 31.9 Å². The van der Waals surface area contributed by atoms with E-state index in [0.29, 0.717) is 23.7 Å². The minimum atomic E-state index is -2.28. The van der Waals surface area contributed by atoms with Crippen LogP contribution in [0.1, 0.15) is 48.9 Å². The number of carbonyl (C=O) groups is 1. The van der Waals surface area contributed by atoms with Crippen LogP contribution in [0, 0.1) is 35.0 Å². The summed E-state index contributed by atoms with van der Waals surface area (Å²) < 4.78 is 68.5. The first-order valence-corrected chi connectivity index (χ1v) is 11.6. The van der Waals surface area contributed by atoms with Gasteiger partial charge in [-0.3, -0.25) is 4.79 Å². The van der Waals surface area contributed by atoms with E-state index in [4.69, 9.17) is 0 Å². The molecule has 1 heterocycles. The van der Waals surface area contributed by atoms with Crippen LogP contribution >= 0.6 is 0 Å². The number of aliphatic hydroxyl groups excluding tert-OH is 1. The number of hydrogen-bond donors (Lipinski definition) is 2. The molecule has 0 atom stereocenters. The van der Waals surface area contributed by atoms with E-state index in [1.165, 1.54) is 6.20 Å². The molecule has 1 aliphatic carbocycles. The summed E-state index contributed by atoms with van der Waals surface area (Å²) in [5, 5.41) is 11.7. The molecule has 36 heavy (non-hydrogen) atoms. The highest BCUT2D eigenvalue weighted by Crippen LogP contribution is 2.30. The smallest absolute Gasteiger partial charge is 0.230 e. The average Bonchev–Trinajstić information content (AvgIpc) is 2.90. The van der Waals surface area contributed by atoms with Gasteiger partial charge in [-0.2, -0.15) is 0 Å². The van der Waals surface area contributed by atoms with E-state index >= 15 is 0 Å². The topological polar surface area (TPSA) is 75.1 Å². The molecule has 0 unspecified atom stereocenters. The van der Waals surface area contributed by atoms with E-state index < -0.39 is 47.0 Å². The second kappa shape index (κ2) is 11.1. The molecule has 4 rings (SSSR count). The summed E-state index contributed by atoms with van der Waals surface area (Å²) >= 11 is 0. The van der Waals surface area contributed by atoms with Gasteiger partial charge in [0, 0.05) is 11.1 Å². The van der Waals surface area contributed by atoms with Gasteiger partial charge in [0.2, 0.25) is 11.7 Å². The van der Waals surface area contributed by atoms with Gasteiger partial charge >= 0.3 is 0 Å². The number of nitrogens with one attached hydrogen (secondary N) is 1. The predicted octanol–water partition coefficient (Wildman–Crippen LogP) is 5.64. The van der Waals surface area contributed by atoms with Crippen molar-refractivity contribution in [2.75, 3.05) is 5.32 Å². The Balaban J connectivity index is 1.61. The molecule has 0 radical (unpaired) electrons. The molecule has 1 saturated carbocycles. The van der Waals surface area contributed by atoms with E-state index in [-0.39, 0.29) is 12.4 Å². The van der Waals surface area contributed by atoms with Gasteiger partial charge in [0.15, 0.2) is 29.1 Å². The summed E-state index contributed by atoms with van der Waals surface area (Å²) in [6.45, 7) is -0.104. The fourth-order valence-electron chi connectivity index (χ4n) is 4.40. The lowest BCUT2D eigenvalue weighted by molar-refractivity contribution is -0.115. The fraction of sp³-hybridized carbons (Fsp3) is 0.346. The highest BCUT2D eigenvalue weighted by atomic mass is 19.2. The highest BCUT2D eigenvalue weighted by molar-refractivity contribution is 5.92. The van der Waals surface area contributed by atoms with E-state index in [9.17, 15) is 31.9 Å². The van der Waals surface area contributed by atoms with E-state index in [0.717, 1.165) is 43.2 Å². The first-order valence-electron chi connectivity index (χ1n) is 11.6. The van der Waals surface area contributed by atoms with Crippen molar-refractivity contribution >= 4 is 11.7 Å². The molecule has 2 aromatic carbocycles. The normalized spacial score (nSPS) is 14.2. The number of aliphatic hydroxyl groups is 1. The number of amides is 1. The van der Waals surface area contributed by atoms with Gasteiger partial charge in [-0.1, -0.05) is 56.4 Å². The molecule has 190 valence electrons. The number of benzene rings is 2. The third-order valence-electron chi connectivity index (χ3n) is 6.38. The van der Waals surface area contributed by atoms with Crippen LogP contribution in [0.25, 0.3) is 11.3 Å². The predicted molar refractivity (Wildman–Crippen MR) is 122 cm³/mol. The molecule has 0 spiro atoms. The number of halogens is 5. The summed E-state index contributed by atoms with van der Waals surface area (Å²) in [5.74, 6) is -11.2. The minimum Gasteiger partial charge on any atom is -0.392 e. The molecule has 3 aromatic rings. The third kappa shape index (κ3) is 5.53. The Bertz CT molecular complexity index is 1230. The van der Waals surface area contributed by atoms with Gasteiger partial charge in [0.1, 0.15) is 0 Å². The van der Waals surface area contributed by atoms with Crippen LogP contribution in [0.4, 0.5) is 27.8 Å². The van der Waals surface area contributed by atoms with Gasteiger partial charge in [0.05, 0.1) is 30.6 Å². The summed E-state index contributed by atoms with van der Waals surface area (Å²) in [6.07, 6.45) is 6.11. The first kappa shape index (κ1) is 25.7. The van der Waals surface area contributed by atoms with Crippen LogP contribution < -0.4 is 5.32 Å². The fourth-order valence-corrected chi connectivity index (χ4v) is 4.40. The number of hydrogen-bond acceptors (Lipinski definition) is 4. The van der Waals surface area contributed by atoms with Crippen molar-refractivity contribution in [3.63, 3.8) is 0 Å². The van der Waals surface area contributed by atoms with Gasteiger partial charge in [-0.15, -0.1) is 0 Å². The SMILES string of the molecule is O=C(Cc1c(F)c(F)c(F)c(F)c1F)Nc1ncc(-c2ccc(CO)cc2)nc1CC1CCCCC1. The van der Waals surface area contributed by atoms with Crippen LogP contribution in [0.5, 0.6) is 0 Å². The number of carbonyl (C=O) groups excluding carboxylic acids is 1. The Kier molecular flexibility index (Phi) is 7.93. The van der Waals surface area contributed by atoms with Crippen molar-refractivity contribution in [3.05, 3.63) is 76.4 Å². The van der Waals surface area contributed by atoms with Gasteiger partial charge < -0.3 is 10.4 Å². The van der Waals surface area contributed by atoms with Gasteiger partial charge in [-0.25, -0.2) is 31.9 Å². The monoisotopic (exact) mass is 505 g/mol.